The second kappa shape index (κ2) is 11.4. The minimum Gasteiger partial charge on any atom is -0.481 e. The standard InChI is InChI=1S/C27H36FN3O4/c1-19(15-25(32)33)21-5-3-7-23(16-21)35-24(17-34-2)31-14-12-27(28,18-31)11-10-22-9-8-20-6-4-13-29-26(20)30-22/h3,5,7-9,16,19,24H,4,6,10-15,17-18H2,1-2H3,(H,29,30)(H,32,33)/t19?,24?,27-/m1/s1. The third-order valence-corrected chi connectivity index (χ3v) is 7.01. The zero-order valence-electron chi connectivity index (χ0n) is 20.6. The molecule has 3 heterocycles. The molecule has 7 nitrogen and oxygen atoms in total. The van der Waals surface area contributed by atoms with Crippen molar-refractivity contribution in [3.63, 3.8) is 0 Å². The van der Waals surface area contributed by atoms with Gasteiger partial charge in [0.05, 0.1) is 13.0 Å². The number of nitrogens with one attached hydrogen (secondary N) is 1. The van der Waals surface area contributed by atoms with E-state index in [1.807, 2.05) is 42.2 Å². The lowest BCUT2D eigenvalue weighted by Gasteiger charge is -2.29. The Morgan fingerprint density at radius 2 is 2.20 bits per heavy atom. The number of benzene rings is 1. The second-order valence-electron chi connectivity index (χ2n) is 9.81. The van der Waals surface area contributed by atoms with Gasteiger partial charge in [0.2, 0.25) is 0 Å². The summed E-state index contributed by atoms with van der Waals surface area (Å²) in [7, 11) is 1.61. The van der Waals surface area contributed by atoms with Crippen LogP contribution in [0.2, 0.25) is 0 Å². The number of fused-ring (bicyclic) bond motifs is 1. The van der Waals surface area contributed by atoms with Gasteiger partial charge in [-0.1, -0.05) is 25.1 Å². The molecule has 190 valence electrons. The molecule has 35 heavy (non-hydrogen) atoms. The Morgan fingerprint density at radius 1 is 1.34 bits per heavy atom. The highest BCUT2D eigenvalue weighted by Gasteiger charge is 2.41. The first-order chi connectivity index (χ1) is 16.8. The number of aliphatic carboxylic acids is 1. The van der Waals surface area contributed by atoms with E-state index >= 15 is 4.39 Å². The van der Waals surface area contributed by atoms with Gasteiger partial charge in [0.15, 0.2) is 6.23 Å². The van der Waals surface area contributed by atoms with Crippen LogP contribution in [0.5, 0.6) is 5.75 Å². The second-order valence-corrected chi connectivity index (χ2v) is 9.81. The van der Waals surface area contributed by atoms with E-state index < -0.39 is 17.9 Å². The maximum Gasteiger partial charge on any atom is 0.303 e. The third kappa shape index (κ3) is 6.70. The van der Waals surface area contributed by atoms with Gasteiger partial charge in [0.1, 0.15) is 17.2 Å². The number of halogens is 1. The number of ether oxygens (including phenoxy) is 2. The number of aryl methyl sites for hydroxylation is 2. The van der Waals surface area contributed by atoms with Gasteiger partial charge in [-0.2, -0.15) is 0 Å². The average molecular weight is 486 g/mol. The Morgan fingerprint density at radius 3 is 3.00 bits per heavy atom. The van der Waals surface area contributed by atoms with Crippen LogP contribution in [-0.2, 0) is 22.4 Å². The number of likely N-dealkylation sites (tertiary alicyclic amines) is 1. The van der Waals surface area contributed by atoms with Gasteiger partial charge < -0.3 is 19.9 Å². The van der Waals surface area contributed by atoms with Crippen LogP contribution < -0.4 is 10.1 Å². The Bertz CT molecular complexity index is 1020. The minimum absolute atomic E-state index is 0.0522. The summed E-state index contributed by atoms with van der Waals surface area (Å²) < 4.78 is 27.4. The summed E-state index contributed by atoms with van der Waals surface area (Å²) >= 11 is 0. The summed E-state index contributed by atoms with van der Waals surface area (Å²) in [6.07, 6.45) is 3.24. The summed E-state index contributed by atoms with van der Waals surface area (Å²) in [4.78, 5) is 17.8. The molecule has 1 aromatic carbocycles. The maximum atomic E-state index is 15.8. The normalized spacial score (nSPS) is 21.7. The smallest absolute Gasteiger partial charge is 0.303 e. The van der Waals surface area contributed by atoms with Crippen LogP contribution in [0.4, 0.5) is 10.2 Å². The molecular formula is C27H36FN3O4. The van der Waals surface area contributed by atoms with Gasteiger partial charge in [0.25, 0.3) is 0 Å². The van der Waals surface area contributed by atoms with Gasteiger partial charge in [-0.15, -0.1) is 0 Å². The molecule has 8 heteroatoms. The lowest BCUT2D eigenvalue weighted by atomic mass is 9.97. The summed E-state index contributed by atoms with van der Waals surface area (Å²) in [5.41, 5.74) is 1.75. The fraction of sp³-hybridized carbons (Fsp3) is 0.556. The first kappa shape index (κ1) is 25.4. The molecule has 0 bridgehead atoms. The van der Waals surface area contributed by atoms with E-state index in [1.165, 1.54) is 5.56 Å². The number of methoxy groups -OCH3 is 1. The van der Waals surface area contributed by atoms with Crippen molar-refractivity contribution in [2.45, 2.75) is 63.3 Å². The fourth-order valence-corrected chi connectivity index (χ4v) is 4.96. The molecule has 0 radical (unpaired) electrons. The van der Waals surface area contributed by atoms with Crippen LogP contribution in [-0.4, -0.2) is 66.2 Å². The number of rotatable bonds is 11. The largest absolute Gasteiger partial charge is 0.481 e. The van der Waals surface area contributed by atoms with Gasteiger partial charge >= 0.3 is 5.97 Å². The van der Waals surface area contributed by atoms with Crippen molar-refractivity contribution in [3.05, 3.63) is 53.2 Å². The average Bonchev–Trinajstić information content (AvgIpc) is 3.24. The van der Waals surface area contributed by atoms with Gasteiger partial charge in [-0.3, -0.25) is 9.69 Å². The molecule has 2 aliphatic rings. The molecule has 2 unspecified atom stereocenters. The molecular weight excluding hydrogens is 449 g/mol. The quantitative estimate of drug-likeness (QED) is 0.488. The van der Waals surface area contributed by atoms with Crippen molar-refractivity contribution < 1.29 is 23.8 Å². The number of aromatic nitrogens is 1. The zero-order chi connectivity index (χ0) is 24.8. The van der Waals surface area contributed by atoms with Crippen molar-refractivity contribution in [3.8, 4) is 5.75 Å². The number of carbonyl (C=O) groups is 1. The molecule has 0 saturated carbocycles. The van der Waals surface area contributed by atoms with Crippen LogP contribution in [0, 0.1) is 0 Å². The Balaban J connectivity index is 1.36. The van der Waals surface area contributed by atoms with Crippen LogP contribution in [0.25, 0.3) is 0 Å². The van der Waals surface area contributed by atoms with E-state index in [0.29, 0.717) is 38.2 Å². The van der Waals surface area contributed by atoms with E-state index in [4.69, 9.17) is 19.6 Å². The highest BCUT2D eigenvalue weighted by molar-refractivity contribution is 5.68. The molecule has 1 fully saturated rings. The summed E-state index contributed by atoms with van der Waals surface area (Å²) in [6, 6.07) is 11.6. The maximum absolute atomic E-state index is 15.8. The summed E-state index contributed by atoms with van der Waals surface area (Å²) in [6.45, 7) is 3.99. The Hall–Kier alpha value is -2.71. The molecule has 2 N–H and O–H groups in total. The van der Waals surface area contributed by atoms with Crippen molar-refractivity contribution >= 4 is 11.8 Å². The number of carboxylic acid groups (broad SMARTS) is 1. The van der Waals surface area contributed by atoms with Gasteiger partial charge in [0, 0.05) is 32.4 Å². The van der Waals surface area contributed by atoms with E-state index in [0.717, 1.165) is 36.5 Å². The predicted molar refractivity (Wildman–Crippen MR) is 133 cm³/mol. The first-order valence-corrected chi connectivity index (χ1v) is 12.5. The third-order valence-electron chi connectivity index (χ3n) is 7.01. The lowest BCUT2D eigenvalue weighted by molar-refractivity contribution is -0.137. The molecule has 0 spiro atoms. The van der Waals surface area contributed by atoms with E-state index in [-0.39, 0.29) is 18.9 Å². The van der Waals surface area contributed by atoms with Crippen LogP contribution >= 0.6 is 0 Å². The topological polar surface area (TPSA) is 83.9 Å². The number of hydrogen-bond acceptors (Lipinski definition) is 6. The fourth-order valence-electron chi connectivity index (χ4n) is 4.96. The van der Waals surface area contributed by atoms with Gasteiger partial charge in [-0.25, -0.2) is 9.37 Å². The van der Waals surface area contributed by atoms with Crippen molar-refractivity contribution in [2.75, 3.05) is 38.7 Å². The monoisotopic (exact) mass is 485 g/mol. The number of anilines is 1. The SMILES string of the molecule is COCC(Oc1cccc(C(C)CC(=O)O)c1)N1CC[C@](F)(CCc2ccc3c(n2)NCCC3)C1. The minimum atomic E-state index is -1.31. The molecule has 2 aromatic rings. The summed E-state index contributed by atoms with van der Waals surface area (Å²) in [5.74, 6) is 0.612. The number of alkyl halides is 1. The number of nitrogens with zero attached hydrogens (tertiary/aromatic N) is 2. The zero-order valence-corrected chi connectivity index (χ0v) is 20.6. The molecule has 1 aromatic heterocycles. The summed E-state index contributed by atoms with van der Waals surface area (Å²) in [5, 5.41) is 12.4. The molecule has 4 rings (SSSR count). The molecule has 0 aliphatic carbocycles. The van der Waals surface area contributed by atoms with Crippen LogP contribution in [0.3, 0.4) is 0 Å². The number of pyridine rings is 1. The van der Waals surface area contributed by atoms with Crippen molar-refractivity contribution in [1.29, 1.82) is 0 Å². The van der Waals surface area contributed by atoms with Crippen LogP contribution in [0.15, 0.2) is 36.4 Å². The van der Waals surface area contributed by atoms with E-state index in [1.54, 1.807) is 7.11 Å². The molecule has 0 amide bonds. The molecule has 1 saturated heterocycles. The molecule has 3 atom stereocenters. The highest BCUT2D eigenvalue weighted by Crippen LogP contribution is 2.33. The van der Waals surface area contributed by atoms with Crippen LogP contribution in [0.1, 0.15) is 55.3 Å². The van der Waals surface area contributed by atoms with Crippen molar-refractivity contribution in [1.82, 2.24) is 9.88 Å². The van der Waals surface area contributed by atoms with Crippen molar-refractivity contribution in [2.24, 2.45) is 0 Å². The number of hydrogen-bond donors (Lipinski definition) is 2. The number of carboxylic acids is 1. The predicted octanol–water partition coefficient (Wildman–Crippen LogP) is 4.42. The Kier molecular flexibility index (Phi) is 8.23. The van der Waals surface area contributed by atoms with E-state index in [9.17, 15) is 4.79 Å². The lowest BCUT2D eigenvalue weighted by Crippen LogP contribution is -2.43. The first-order valence-electron chi connectivity index (χ1n) is 12.5. The Labute approximate surface area is 206 Å². The molecule has 2 aliphatic heterocycles. The van der Waals surface area contributed by atoms with E-state index in [2.05, 4.69) is 11.4 Å². The van der Waals surface area contributed by atoms with Gasteiger partial charge in [-0.05, 0) is 67.3 Å². The highest BCUT2D eigenvalue weighted by atomic mass is 19.1.